The molecule has 0 unspecified atom stereocenters. The largest absolute Gasteiger partial charge is 0.495 e. The van der Waals surface area contributed by atoms with Crippen molar-refractivity contribution in [2.45, 2.75) is 6.92 Å². The van der Waals surface area contributed by atoms with Crippen LogP contribution in [0, 0.1) is 0 Å². The summed E-state index contributed by atoms with van der Waals surface area (Å²) in [5.41, 5.74) is 6.35. The molecule has 0 radical (unpaired) electrons. The van der Waals surface area contributed by atoms with Crippen LogP contribution in [0.4, 0.5) is 5.69 Å². The second kappa shape index (κ2) is 3.30. The summed E-state index contributed by atoms with van der Waals surface area (Å²) in [4.78, 5) is 0. The van der Waals surface area contributed by atoms with Crippen LogP contribution in [-0.2, 0) is 0 Å². The van der Waals surface area contributed by atoms with E-state index in [1.807, 2.05) is 25.1 Å². The highest BCUT2D eigenvalue weighted by atomic mass is 16.5. The number of rotatable bonds is 1. The molecule has 0 aromatic heterocycles. The summed E-state index contributed by atoms with van der Waals surface area (Å²) in [5, 5.41) is 1.98. The molecule has 0 saturated carbocycles. The number of benzene rings is 1. The summed E-state index contributed by atoms with van der Waals surface area (Å²) in [6.07, 6.45) is 1.97. The molecule has 0 heterocycles. The summed E-state index contributed by atoms with van der Waals surface area (Å²) >= 11 is 0. The minimum atomic E-state index is 0.651. The monoisotopic (exact) mass is 163 g/mol. The molecule has 2 nitrogen and oxygen atoms in total. The van der Waals surface area contributed by atoms with Gasteiger partial charge in [-0.2, -0.15) is 0 Å². The van der Waals surface area contributed by atoms with Gasteiger partial charge in [0.15, 0.2) is 0 Å². The van der Waals surface area contributed by atoms with Crippen LogP contribution < -0.4 is 20.9 Å². The molecule has 0 aliphatic carbocycles. The molecule has 0 fully saturated rings. The lowest BCUT2D eigenvalue weighted by Crippen LogP contribution is -2.23. The van der Waals surface area contributed by atoms with Crippen molar-refractivity contribution in [1.29, 1.82) is 0 Å². The topological polar surface area (TPSA) is 35.2 Å². The Morgan fingerprint density at radius 1 is 1.50 bits per heavy atom. The first-order chi connectivity index (χ1) is 5.69. The Morgan fingerprint density at radius 3 is 2.67 bits per heavy atom. The Labute approximate surface area is 72.0 Å². The zero-order valence-electron chi connectivity index (χ0n) is 7.42. The Morgan fingerprint density at radius 2 is 2.17 bits per heavy atom. The van der Waals surface area contributed by atoms with E-state index in [0.717, 1.165) is 10.4 Å². The van der Waals surface area contributed by atoms with Crippen LogP contribution in [0.3, 0.4) is 0 Å². The minimum absolute atomic E-state index is 0.651. The van der Waals surface area contributed by atoms with Crippen molar-refractivity contribution in [3.63, 3.8) is 0 Å². The van der Waals surface area contributed by atoms with Gasteiger partial charge in [-0.25, -0.2) is 0 Å². The van der Waals surface area contributed by atoms with Gasteiger partial charge in [0.25, 0.3) is 0 Å². The quantitative estimate of drug-likeness (QED) is 0.611. The van der Waals surface area contributed by atoms with Crippen molar-refractivity contribution < 1.29 is 4.74 Å². The van der Waals surface area contributed by atoms with Crippen molar-refractivity contribution >= 4 is 18.3 Å². The normalized spacial score (nSPS) is 11.7. The molecular weight excluding hydrogens is 150 g/mol. The zero-order valence-corrected chi connectivity index (χ0v) is 7.42. The number of nitrogen functional groups attached to an aromatic ring is 1. The average molecular weight is 163 g/mol. The molecule has 0 spiro atoms. The van der Waals surface area contributed by atoms with Gasteiger partial charge in [-0.3, -0.25) is 0 Å². The number of methoxy groups -OCH3 is 1. The Balaban J connectivity index is 3.47. The fraction of sp³-hybridized carbons (Fsp3) is 0.200. The van der Waals surface area contributed by atoms with E-state index in [1.54, 1.807) is 7.11 Å². The SMILES string of the molecule is C=c1cc(OC)c(N)c/c1=C/C. The average Bonchev–Trinajstić information content (AvgIpc) is 2.08. The molecule has 12 heavy (non-hydrogen) atoms. The summed E-state index contributed by atoms with van der Waals surface area (Å²) in [5.74, 6) is 0.686. The molecule has 0 aliphatic rings. The number of hydrogen-bond donors (Lipinski definition) is 1. The van der Waals surface area contributed by atoms with Crippen molar-refractivity contribution in [1.82, 2.24) is 0 Å². The first-order valence-corrected chi connectivity index (χ1v) is 3.78. The third kappa shape index (κ3) is 1.42. The van der Waals surface area contributed by atoms with E-state index in [1.165, 1.54) is 0 Å². The van der Waals surface area contributed by atoms with E-state index < -0.39 is 0 Å². The van der Waals surface area contributed by atoms with Crippen LogP contribution in [0.15, 0.2) is 12.1 Å². The van der Waals surface area contributed by atoms with Crippen LogP contribution in [0.1, 0.15) is 6.92 Å². The molecule has 2 N–H and O–H groups in total. The van der Waals surface area contributed by atoms with Gasteiger partial charge in [0.05, 0.1) is 12.8 Å². The number of hydrogen-bond acceptors (Lipinski definition) is 2. The van der Waals surface area contributed by atoms with E-state index in [-0.39, 0.29) is 0 Å². The Bertz CT molecular complexity index is 382. The predicted molar refractivity (Wildman–Crippen MR) is 52.3 cm³/mol. The number of anilines is 1. The summed E-state index contributed by atoms with van der Waals surface area (Å²) in [6.45, 7) is 5.83. The van der Waals surface area contributed by atoms with Crippen LogP contribution in [-0.4, -0.2) is 7.11 Å². The fourth-order valence-electron chi connectivity index (χ4n) is 1.10. The lowest BCUT2D eigenvalue weighted by atomic mass is 10.2. The molecule has 0 atom stereocenters. The summed E-state index contributed by atoms with van der Waals surface area (Å²) < 4.78 is 5.05. The van der Waals surface area contributed by atoms with Gasteiger partial charge in [0.1, 0.15) is 5.75 Å². The highest BCUT2D eigenvalue weighted by molar-refractivity contribution is 5.53. The molecule has 0 saturated heterocycles. The first kappa shape index (κ1) is 8.65. The molecule has 0 amide bonds. The number of nitrogens with two attached hydrogens (primary N) is 1. The molecule has 64 valence electrons. The van der Waals surface area contributed by atoms with Crippen LogP contribution in [0.2, 0.25) is 0 Å². The van der Waals surface area contributed by atoms with E-state index >= 15 is 0 Å². The first-order valence-electron chi connectivity index (χ1n) is 3.78. The fourth-order valence-corrected chi connectivity index (χ4v) is 1.10. The van der Waals surface area contributed by atoms with Crippen molar-refractivity contribution in [3.05, 3.63) is 22.6 Å². The Hall–Kier alpha value is -1.44. The van der Waals surface area contributed by atoms with Gasteiger partial charge in [0.2, 0.25) is 0 Å². The van der Waals surface area contributed by atoms with E-state index in [9.17, 15) is 0 Å². The lowest BCUT2D eigenvalue weighted by molar-refractivity contribution is 0.416. The molecule has 0 aliphatic heterocycles. The van der Waals surface area contributed by atoms with Gasteiger partial charge in [0, 0.05) is 0 Å². The third-order valence-corrected chi connectivity index (χ3v) is 1.80. The van der Waals surface area contributed by atoms with Gasteiger partial charge >= 0.3 is 0 Å². The smallest absolute Gasteiger partial charge is 0.142 e. The molecule has 1 aromatic rings. The molecular formula is C10H13NO. The van der Waals surface area contributed by atoms with Gasteiger partial charge in [-0.05, 0) is 29.5 Å². The maximum atomic E-state index is 5.70. The Kier molecular flexibility index (Phi) is 2.38. The van der Waals surface area contributed by atoms with E-state index in [0.29, 0.717) is 11.4 Å². The third-order valence-electron chi connectivity index (χ3n) is 1.80. The second-order valence-electron chi connectivity index (χ2n) is 2.58. The molecule has 0 bridgehead atoms. The van der Waals surface area contributed by atoms with Crippen molar-refractivity contribution in [2.75, 3.05) is 12.8 Å². The van der Waals surface area contributed by atoms with Crippen LogP contribution >= 0.6 is 0 Å². The molecule has 1 aromatic carbocycles. The van der Waals surface area contributed by atoms with E-state index in [4.69, 9.17) is 10.5 Å². The van der Waals surface area contributed by atoms with E-state index in [2.05, 4.69) is 6.58 Å². The minimum Gasteiger partial charge on any atom is -0.495 e. The van der Waals surface area contributed by atoms with Crippen molar-refractivity contribution in [2.24, 2.45) is 0 Å². The van der Waals surface area contributed by atoms with Crippen LogP contribution in [0.25, 0.3) is 12.7 Å². The van der Waals surface area contributed by atoms with Crippen LogP contribution in [0.5, 0.6) is 5.75 Å². The zero-order chi connectivity index (χ0) is 9.14. The second-order valence-corrected chi connectivity index (χ2v) is 2.58. The van der Waals surface area contributed by atoms with Crippen molar-refractivity contribution in [3.8, 4) is 5.75 Å². The highest BCUT2D eigenvalue weighted by Gasteiger charge is 1.96. The van der Waals surface area contributed by atoms with Gasteiger partial charge < -0.3 is 10.5 Å². The highest BCUT2D eigenvalue weighted by Crippen LogP contribution is 2.14. The maximum absolute atomic E-state index is 5.70. The summed E-state index contributed by atoms with van der Waals surface area (Å²) in [7, 11) is 1.60. The maximum Gasteiger partial charge on any atom is 0.142 e. The molecule has 1 rings (SSSR count). The van der Waals surface area contributed by atoms with Gasteiger partial charge in [-0.15, -0.1) is 0 Å². The standard InChI is InChI=1S/C10H13NO/c1-4-8-6-9(11)10(12-3)5-7(8)2/h4-6H,2,11H2,1,3H3/b8-4-. The predicted octanol–water partition coefficient (Wildman–Crippen LogP) is 0.488. The molecule has 2 heteroatoms. The number of ether oxygens (including phenoxy) is 1. The van der Waals surface area contributed by atoms with Gasteiger partial charge in [-0.1, -0.05) is 12.7 Å². The summed E-state index contributed by atoms with van der Waals surface area (Å²) in [6, 6.07) is 3.70. The lowest BCUT2D eigenvalue weighted by Gasteiger charge is -2.03.